The molecule has 0 fully saturated rings. The second-order valence-corrected chi connectivity index (χ2v) is 5.55. The monoisotopic (exact) mass is 241 g/mol. The number of carbonyl (C=O) groups excluding carboxylic acids is 1. The zero-order valence-electron chi connectivity index (χ0n) is 9.30. The zero-order chi connectivity index (χ0) is 12.2. The van der Waals surface area contributed by atoms with Crippen LogP contribution in [0.4, 0.5) is 0 Å². The van der Waals surface area contributed by atoms with Gasteiger partial charge in [0, 0.05) is 12.5 Å². The molecule has 88 valence electrons. The highest BCUT2D eigenvalue weighted by Crippen LogP contribution is 2.09. The molecule has 4 nitrogen and oxygen atoms in total. The molecule has 0 bridgehead atoms. The smallest absolute Gasteiger partial charge is 0.240 e. The quantitative estimate of drug-likeness (QED) is 0.785. The Morgan fingerprint density at radius 2 is 1.88 bits per heavy atom. The van der Waals surface area contributed by atoms with Crippen molar-refractivity contribution in [2.75, 3.05) is 6.54 Å². The Bertz CT molecular complexity index is 451. The lowest BCUT2D eigenvalue weighted by molar-refractivity contribution is -0.110. The van der Waals surface area contributed by atoms with Crippen LogP contribution in [0.2, 0.25) is 0 Å². The first kappa shape index (κ1) is 12.9. The summed E-state index contributed by atoms with van der Waals surface area (Å²) in [5.41, 5.74) is 1.00. The van der Waals surface area contributed by atoms with Crippen molar-refractivity contribution in [1.29, 1.82) is 0 Å². The molecule has 1 aromatic rings. The van der Waals surface area contributed by atoms with Crippen LogP contribution in [0.1, 0.15) is 12.5 Å². The Morgan fingerprint density at radius 3 is 2.38 bits per heavy atom. The Morgan fingerprint density at radius 1 is 1.31 bits per heavy atom. The van der Waals surface area contributed by atoms with E-state index in [0.717, 1.165) is 11.8 Å². The third-order valence-corrected chi connectivity index (χ3v) is 3.60. The second-order valence-electron chi connectivity index (χ2n) is 3.78. The molecule has 0 spiro atoms. The molecule has 1 aromatic carbocycles. The van der Waals surface area contributed by atoms with Gasteiger partial charge in [0.2, 0.25) is 10.0 Å². The molecular formula is C11H15NO3S. The number of sulfonamides is 1. The molecule has 0 aliphatic heterocycles. The van der Waals surface area contributed by atoms with Crippen LogP contribution in [-0.2, 0) is 14.8 Å². The van der Waals surface area contributed by atoms with Crippen LogP contribution >= 0.6 is 0 Å². The standard InChI is InChI=1S/C11H15NO3S/c1-9-3-5-11(6-4-9)16(14,15)12-7-10(2)8-13/h3-6,8,10,12H,7H2,1-2H3/t10-/m1/s1. The first-order chi connectivity index (χ1) is 7.45. The van der Waals surface area contributed by atoms with Gasteiger partial charge in [-0.15, -0.1) is 0 Å². The fraction of sp³-hybridized carbons (Fsp3) is 0.364. The third kappa shape index (κ3) is 3.43. The summed E-state index contributed by atoms with van der Waals surface area (Å²) in [6.45, 7) is 3.67. The fourth-order valence-electron chi connectivity index (χ4n) is 1.09. The molecule has 0 aromatic heterocycles. The summed E-state index contributed by atoms with van der Waals surface area (Å²) < 4.78 is 25.9. The van der Waals surface area contributed by atoms with Gasteiger partial charge in [-0.05, 0) is 19.1 Å². The lowest BCUT2D eigenvalue weighted by atomic mass is 10.2. The van der Waals surface area contributed by atoms with Crippen molar-refractivity contribution < 1.29 is 13.2 Å². The molecule has 16 heavy (non-hydrogen) atoms. The largest absolute Gasteiger partial charge is 0.303 e. The van der Waals surface area contributed by atoms with E-state index >= 15 is 0 Å². The van der Waals surface area contributed by atoms with Crippen LogP contribution in [-0.4, -0.2) is 21.2 Å². The van der Waals surface area contributed by atoms with Gasteiger partial charge in [-0.3, -0.25) is 0 Å². The van der Waals surface area contributed by atoms with E-state index < -0.39 is 10.0 Å². The van der Waals surface area contributed by atoms with Gasteiger partial charge in [0.25, 0.3) is 0 Å². The van der Waals surface area contributed by atoms with Crippen LogP contribution in [0.15, 0.2) is 29.2 Å². The van der Waals surface area contributed by atoms with E-state index in [4.69, 9.17) is 0 Å². The summed E-state index contributed by atoms with van der Waals surface area (Å²) in [4.78, 5) is 10.6. The third-order valence-electron chi connectivity index (χ3n) is 2.16. The second kappa shape index (κ2) is 5.23. The number of benzene rings is 1. The number of carbonyl (C=O) groups is 1. The SMILES string of the molecule is Cc1ccc(S(=O)(=O)NC[C@@H](C)C=O)cc1. The number of hydrogen-bond donors (Lipinski definition) is 1. The van der Waals surface area contributed by atoms with Gasteiger partial charge in [-0.25, -0.2) is 13.1 Å². The lowest BCUT2D eigenvalue weighted by Gasteiger charge is -2.08. The van der Waals surface area contributed by atoms with Crippen LogP contribution in [0.25, 0.3) is 0 Å². The Balaban J connectivity index is 2.78. The summed E-state index contributed by atoms with van der Waals surface area (Å²) in [5, 5.41) is 0. The van der Waals surface area contributed by atoms with Gasteiger partial charge < -0.3 is 4.79 Å². The lowest BCUT2D eigenvalue weighted by Crippen LogP contribution is -2.28. The van der Waals surface area contributed by atoms with Crippen LogP contribution < -0.4 is 4.72 Å². The summed E-state index contributed by atoms with van der Waals surface area (Å²) in [5.74, 6) is -0.319. The van der Waals surface area contributed by atoms with E-state index in [1.807, 2.05) is 6.92 Å². The van der Waals surface area contributed by atoms with Crippen molar-refractivity contribution in [3.05, 3.63) is 29.8 Å². The minimum Gasteiger partial charge on any atom is -0.303 e. The molecule has 5 heteroatoms. The Labute approximate surface area is 95.7 Å². The van der Waals surface area contributed by atoms with Crippen LogP contribution in [0.5, 0.6) is 0 Å². The molecule has 0 saturated heterocycles. The van der Waals surface area contributed by atoms with Gasteiger partial charge in [0.05, 0.1) is 4.90 Å². The van der Waals surface area contributed by atoms with Gasteiger partial charge in [-0.2, -0.15) is 0 Å². The van der Waals surface area contributed by atoms with Crippen molar-refractivity contribution >= 4 is 16.3 Å². The van der Waals surface area contributed by atoms with E-state index in [9.17, 15) is 13.2 Å². The molecule has 0 heterocycles. The van der Waals surface area contributed by atoms with Gasteiger partial charge in [0.1, 0.15) is 6.29 Å². The van der Waals surface area contributed by atoms with Crippen LogP contribution in [0, 0.1) is 12.8 Å². The Kier molecular flexibility index (Phi) is 4.20. The van der Waals surface area contributed by atoms with Gasteiger partial charge in [-0.1, -0.05) is 24.6 Å². The van der Waals surface area contributed by atoms with E-state index in [1.165, 1.54) is 0 Å². The minimum atomic E-state index is -3.49. The summed E-state index contributed by atoms with van der Waals surface area (Å²) in [6, 6.07) is 6.56. The molecule has 1 rings (SSSR count). The average molecular weight is 241 g/mol. The van der Waals surface area contributed by atoms with Gasteiger partial charge in [0.15, 0.2) is 0 Å². The van der Waals surface area contributed by atoms with E-state index in [1.54, 1.807) is 31.2 Å². The maximum Gasteiger partial charge on any atom is 0.240 e. The van der Waals surface area contributed by atoms with Crippen molar-refractivity contribution in [1.82, 2.24) is 4.72 Å². The van der Waals surface area contributed by atoms with Crippen molar-refractivity contribution in [2.45, 2.75) is 18.7 Å². The predicted octanol–water partition coefficient (Wildman–Crippen LogP) is 1.11. The van der Waals surface area contributed by atoms with E-state index in [2.05, 4.69) is 4.72 Å². The highest BCUT2D eigenvalue weighted by Gasteiger charge is 2.14. The molecule has 1 N–H and O–H groups in total. The van der Waals surface area contributed by atoms with Crippen molar-refractivity contribution in [3.63, 3.8) is 0 Å². The fourth-order valence-corrected chi connectivity index (χ4v) is 2.23. The average Bonchev–Trinajstić information content (AvgIpc) is 2.26. The van der Waals surface area contributed by atoms with Gasteiger partial charge >= 0.3 is 0 Å². The predicted molar refractivity (Wildman–Crippen MR) is 61.6 cm³/mol. The molecular weight excluding hydrogens is 226 g/mol. The van der Waals surface area contributed by atoms with Crippen LogP contribution in [0.3, 0.4) is 0 Å². The van der Waals surface area contributed by atoms with E-state index in [0.29, 0.717) is 0 Å². The number of rotatable bonds is 5. The Hall–Kier alpha value is -1.20. The maximum atomic E-state index is 11.7. The molecule has 0 radical (unpaired) electrons. The number of aryl methyl sites for hydroxylation is 1. The first-order valence-corrected chi connectivity index (χ1v) is 6.45. The number of aldehydes is 1. The summed E-state index contributed by atoms with van der Waals surface area (Å²) >= 11 is 0. The highest BCUT2D eigenvalue weighted by atomic mass is 32.2. The van der Waals surface area contributed by atoms with Crippen molar-refractivity contribution in [3.8, 4) is 0 Å². The minimum absolute atomic E-state index is 0.125. The topological polar surface area (TPSA) is 63.2 Å². The molecule has 0 amide bonds. The highest BCUT2D eigenvalue weighted by molar-refractivity contribution is 7.89. The first-order valence-electron chi connectivity index (χ1n) is 4.97. The zero-order valence-corrected chi connectivity index (χ0v) is 10.1. The molecule has 0 aliphatic carbocycles. The molecule has 0 unspecified atom stereocenters. The normalized spacial score (nSPS) is 13.4. The van der Waals surface area contributed by atoms with Crippen molar-refractivity contribution in [2.24, 2.45) is 5.92 Å². The maximum absolute atomic E-state index is 11.7. The summed E-state index contributed by atoms with van der Waals surface area (Å²) in [6.07, 6.45) is 0.720. The molecule has 0 saturated carbocycles. The number of hydrogen-bond acceptors (Lipinski definition) is 3. The van der Waals surface area contributed by atoms with E-state index in [-0.39, 0.29) is 17.4 Å². The number of nitrogens with one attached hydrogen (secondary N) is 1. The summed E-state index contributed by atoms with van der Waals surface area (Å²) in [7, 11) is -3.49. The molecule has 1 atom stereocenters. The molecule has 0 aliphatic rings.